The maximum absolute atomic E-state index is 13.1. The summed E-state index contributed by atoms with van der Waals surface area (Å²) in [5, 5.41) is 3.90. The number of esters is 1. The maximum atomic E-state index is 13.1. The summed E-state index contributed by atoms with van der Waals surface area (Å²) in [7, 11) is 0. The molecule has 3 aromatic rings. The van der Waals surface area contributed by atoms with Crippen LogP contribution in [0, 0.1) is 12.7 Å². The van der Waals surface area contributed by atoms with Crippen molar-refractivity contribution < 1.29 is 28.0 Å². The molecular weight excluding hydrogens is 379 g/mol. The van der Waals surface area contributed by atoms with E-state index in [-0.39, 0.29) is 24.5 Å². The molecule has 1 aromatic heterocycles. The lowest BCUT2D eigenvalue weighted by Crippen LogP contribution is -2.35. The van der Waals surface area contributed by atoms with Crippen LogP contribution in [0.15, 0.2) is 53.1 Å². The van der Waals surface area contributed by atoms with Crippen molar-refractivity contribution in [2.45, 2.75) is 13.5 Å². The van der Waals surface area contributed by atoms with Gasteiger partial charge in [0.05, 0.1) is 11.3 Å². The lowest BCUT2D eigenvalue weighted by Gasteiger charge is -2.15. The smallest absolute Gasteiger partial charge is 0.326 e. The van der Waals surface area contributed by atoms with E-state index in [4.69, 9.17) is 9.26 Å². The molecule has 0 saturated carbocycles. The van der Waals surface area contributed by atoms with Gasteiger partial charge in [0, 0.05) is 11.1 Å². The lowest BCUT2D eigenvalue weighted by atomic mass is 10.1. The molecule has 0 spiro atoms. The number of amides is 1. The third-order valence-corrected chi connectivity index (χ3v) is 4.66. The van der Waals surface area contributed by atoms with Gasteiger partial charge in [0.2, 0.25) is 0 Å². The van der Waals surface area contributed by atoms with Gasteiger partial charge >= 0.3 is 5.97 Å². The SMILES string of the molecule is Cc1c(COC(=O)CN2C(=O)C(=O)c3ccccc32)noc1-c1ccc(F)cc1. The molecule has 0 radical (unpaired) electrons. The number of hydrogen-bond acceptors (Lipinski definition) is 6. The second-order valence-electron chi connectivity index (χ2n) is 6.49. The highest BCUT2D eigenvalue weighted by Crippen LogP contribution is 2.29. The number of benzene rings is 2. The molecule has 7 nitrogen and oxygen atoms in total. The number of anilines is 1. The zero-order valence-electron chi connectivity index (χ0n) is 15.3. The fraction of sp³-hybridized carbons (Fsp3) is 0.143. The molecule has 0 unspecified atom stereocenters. The van der Waals surface area contributed by atoms with Crippen LogP contribution >= 0.6 is 0 Å². The summed E-state index contributed by atoms with van der Waals surface area (Å²) in [5.41, 5.74) is 2.35. The fourth-order valence-electron chi connectivity index (χ4n) is 3.10. The Morgan fingerprint density at radius 2 is 1.86 bits per heavy atom. The van der Waals surface area contributed by atoms with Gasteiger partial charge in [0.25, 0.3) is 11.7 Å². The van der Waals surface area contributed by atoms with Crippen LogP contribution in [0.5, 0.6) is 0 Å². The molecule has 8 heteroatoms. The van der Waals surface area contributed by atoms with Gasteiger partial charge in [-0.2, -0.15) is 0 Å². The van der Waals surface area contributed by atoms with Crippen LogP contribution in [0.2, 0.25) is 0 Å². The van der Waals surface area contributed by atoms with E-state index in [2.05, 4.69) is 5.16 Å². The van der Waals surface area contributed by atoms with Crippen LogP contribution in [0.3, 0.4) is 0 Å². The first-order valence-electron chi connectivity index (χ1n) is 8.77. The largest absolute Gasteiger partial charge is 0.458 e. The Morgan fingerprint density at radius 1 is 1.14 bits per heavy atom. The lowest BCUT2D eigenvalue weighted by molar-refractivity contribution is -0.144. The molecule has 0 fully saturated rings. The molecule has 1 aliphatic heterocycles. The second-order valence-corrected chi connectivity index (χ2v) is 6.49. The number of ketones is 1. The Kier molecular flexibility index (Phi) is 4.67. The summed E-state index contributed by atoms with van der Waals surface area (Å²) in [6, 6.07) is 12.2. The molecule has 2 heterocycles. The van der Waals surface area contributed by atoms with E-state index in [1.165, 1.54) is 18.2 Å². The minimum atomic E-state index is -0.764. The average molecular weight is 394 g/mol. The van der Waals surface area contributed by atoms with Gasteiger partial charge in [-0.3, -0.25) is 19.3 Å². The number of halogens is 1. The predicted octanol–water partition coefficient (Wildman–Crippen LogP) is 3.06. The van der Waals surface area contributed by atoms with Crippen LogP contribution in [0.4, 0.5) is 10.1 Å². The average Bonchev–Trinajstić information content (AvgIpc) is 3.20. The number of fused-ring (bicyclic) bond motifs is 1. The molecule has 0 saturated heterocycles. The van der Waals surface area contributed by atoms with Crippen molar-refractivity contribution in [3.63, 3.8) is 0 Å². The van der Waals surface area contributed by atoms with Gasteiger partial charge in [-0.1, -0.05) is 17.3 Å². The molecule has 0 atom stereocenters. The van der Waals surface area contributed by atoms with Crippen molar-refractivity contribution in [1.82, 2.24) is 5.16 Å². The first-order chi connectivity index (χ1) is 14.0. The van der Waals surface area contributed by atoms with E-state index < -0.39 is 17.7 Å². The minimum Gasteiger partial charge on any atom is -0.458 e. The van der Waals surface area contributed by atoms with Gasteiger partial charge < -0.3 is 9.26 Å². The summed E-state index contributed by atoms with van der Waals surface area (Å²) in [4.78, 5) is 37.4. The van der Waals surface area contributed by atoms with Crippen LogP contribution in [-0.2, 0) is 20.9 Å². The van der Waals surface area contributed by atoms with E-state index in [0.717, 1.165) is 4.90 Å². The van der Waals surface area contributed by atoms with Crippen LogP contribution in [0.25, 0.3) is 11.3 Å². The summed E-state index contributed by atoms with van der Waals surface area (Å²) in [6.45, 7) is 1.20. The van der Waals surface area contributed by atoms with E-state index in [1.807, 2.05) is 0 Å². The van der Waals surface area contributed by atoms with E-state index in [0.29, 0.717) is 28.3 Å². The Hall–Kier alpha value is -3.81. The molecular formula is C21H15FN2O5. The number of rotatable bonds is 5. The van der Waals surface area contributed by atoms with Gasteiger partial charge in [0.1, 0.15) is 24.7 Å². The van der Waals surface area contributed by atoms with Gasteiger partial charge in [-0.15, -0.1) is 0 Å². The first kappa shape index (κ1) is 18.5. The van der Waals surface area contributed by atoms with Crippen molar-refractivity contribution >= 4 is 23.3 Å². The molecule has 1 amide bonds. The first-order valence-corrected chi connectivity index (χ1v) is 8.77. The van der Waals surface area contributed by atoms with Gasteiger partial charge in [-0.05, 0) is 43.3 Å². The normalized spacial score (nSPS) is 13.0. The van der Waals surface area contributed by atoms with Crippen molar-refractivity contribution in [2.24, 2.45) is 0 Å². The van der Waals surface area contributed by atoms with Gasteiger partial charge in [-0.25, -0.2) is 4.39 Å². The number of ether oxygens (including phenoxy) is 1. The van der Waals surface area contributed by atoms with E-state index >= 15 is 0 Å². The molecule has 146 valence electrons. The number of para-hydroxylation sites is 1. The summed E-state index contributed by atoms with van der Waals surface area (Å²) in [6.07, 6.45) is 0. The van der Waals surface area contributed by atoms with E-state index in [9.17, 15) is 18.8 Å². The second kappa shape index (κ2) is 7.31. The summed E-state index contributed by atoms with van der Waals surface area (Å²) >= 11 is 0. The minimum absolute atomic E-state index is 0.160. The predicted molar refractivity (Wildman–Crippen MR) is 99.6 cm³/mol. The molecule has 1 aliphatic rings. The molecule has 4 rings (SSSR count). The standard InChI is InChI=1S/C21H15FN2O5/c1-12-16(23-29-20(12)13-6-8-14(22)9-7-13)11-28-18(25)10-24-17-5-3-2-4-15(17)19(26)21(24)27/h2-9H,10-11H2,1H3. The number of carbonyl (C=O) groups is 3. The highest BCUT2D eigenvalue weighted by Gasteiger charge is 2.36. The topological polar surface area (TPSA) is 89.7 Å². The summed E-state index contributed by atoms with van der Waals surface area (Å²) in [5.74, 6) is -2.01. The number of carbonyl (C=O) groups excluding carboxylic acids is 3. The zero-order valence-corrected chi connectivity index (χ0v) is 15.3. The number of Topliss-reactive ketones (excluding diaryl/α,β-unsaturated/α-hetero) is 1. The molecule has 0 N–H and O–H groups in total. The fourth-order valence-corrected chi connectivity index (χ4v) is 3.10. The maximum Gasteiger partial charge on any atom is 0.326 e. The molecule has 0 aliphatic carbocycles. The monoisotopic (exact) mass is 394 g/mol. The molecule has 0 bridgehead atoms. The Morgan fingerprint density at radius 3 is 2.62 bits per heavy atom. The van der Waals surface area contributed by atoms with Crippen molar-refractivity contribution in [3.05, 3.63) is 71.2 Å². The Balaban J connectivity index is 1.43. The number of aromatic nitrogens is 1. The summed E-state index contributed by atoms with van der Waals surface area (Å²) < 4.78 is 23.6. The number of hydrogen-bond donors (Lipinski definition) is 0. The third kappa shape index (κ3) is 3.40. The van der Waals surface area contributed by atoms with Crippen LogP contribution in [0.1, 0.15) is 21.6 Å². The Bertz CT molecular complexity index is 1120. The highest BCUT2D eigenvalue weighted by atomic mass is 19.1. The zero-order chi connectivity index (χ0) is 20.5. The highest BCUT2D eigenvalue weighted by molar-refractivity contribution is 6.52. The Labute approximate surface area is 164 Å². The van der Waals surface area contributed by atoms with E-state index in [1.54, 1.807) is 37.3 Å². The van der Waals surface area contributed by atoms with Gasteiger partial charge in [0.15, 0.2) is 5.76 Å². The molecule has 2 aromatic carbocycles. The van der Waals surface area contributed by atoms with Crippen molar-refractivity contribution in [2.75, 3.05) is 11.4 Å². The quantitative estimate of drug-likeness (QED) is 0.488. The third-order valence-electron chi connectivity index (χ3n) is 4.66. The van der Waals surface area contributed by atoms with Crippen molar-refractivity contribution in [3.8, 4) is 11.3 Å². The van der Waals surface area contributed by atoms with Crippen LogP contribution in [-0.4, -0.2) is 29.4 Å². The number of nitrogens with zero attached hydrogens (tertiary/aromatic N) is 2. The van der Waals surface area contributed by atoms with Crippen molar-refractivity contribution in [1.29, 1.82) is 0 Å². The molecule has 29 heavy (non-hydrogen) atoms. The van der Waals surface area contributed by atoms with Crippen LogP contribution < -0.4 is 4.90 Å².